The van der Waals surface area contributed by atoms with E-state index in [1.807, 2.05) is 6.92 Å². The number of hydrogen-bond donors (Lipinski definition) is 0. The van der Waals surface area contributed by atoms with Gasteiger partial charge in [0, 0.05) is 12.0 Å². The minimum Gasteiger partial charge on any atom is -0.438 e. The monoisotopic (exact) mass is 288 g/mol. The summed E-state index contributed by atoms with van der Waals surface area (Å²) < 4.78 is 5.98. The molecule has 0 aliphatic heterocycles. The molecule has 4 heteroatoms. The minimum absolute atomic E-state index is 0.444. The highest BCUT2D eigenvalue weighted by atomic mass is 35.5. The van der Waals surface area contributed by atoms with E-state index >= 15 is 0 Å². The Bertz CT molecular complexity index is 666. The molecule has 1 fully saturated rings. The summed E-state index contributed by atoms with van der Waals surface area (Å²) >= 11 is 6.07. The van der Waals surface area contributed by atoms with E-state index in [0.717, 1.165) is 35.5 Å². The van der Waals surface area contributed by atoms with Crippen molar-refractivity contribution in [1.82, 2.24) is 9.97 Å². The van der Waals surface area contributed by atoms with Gasteiger partial charge < -0.3 is 4.74 Å². The van der Waals surface area contributed by atoms with Crippen LogP contribution in [-0.4, -0.2) is 9.97 Å². The van der Waals surface area contributed by atoms with Gasteiger partial charge in [-0.15, -0.1) is 0 Å². The molecule has 1 aliphatic carbocycles. The van der Waals surface area contributed by atoms with Crippen LogP contribution in [0.3, 0.4) is 0 Å². The molecule has 1 aromatic carbocycles. The SMILES string of the molecule is Cc1ccc(C)c(Oc2cc(Cl)nc(C3CC3)n2)c1C. The maximum absolute atomic E-state index is 6.07. The molecule has 0 radical (unpaired) electrons. The lowest BCUT2D eigenvalue weighted by Gasteiger charge is -2.13. The Kier molecular flexibility index (Phi) is 3.38. The lowest BCUT2D eigenvalue weighted by Crippen LogP contribution is -1.99. The topological polar surface area (TPSA) is 35.0 Å². The normalized spacial score (nSPS) is 14.4. The highest BCUT2D eigenvalue weighted by molar-refractivity contribution is 6.29. The van der Waals surface area contributed by atoms with E-state index < -0.39 is 0 Å². The number of aromatic nitrogens is 2. The molecule has 0 N–H and O–H groups in total. The Morgan fingerprint density at radius 2 is 1.80 bits per heavy atom. The van der Waals surface area contributed by atoms with Gasteiger partial charge in [-0.1, -0.05) is 23.7 Å². The summed E-state index contributed by atoms with van der Waals surface area (Å²) in [4.78, 5) is 8.76. The van der Waals surface area contributed by atoms with Gasteiger partial charge in [0.05, 0.1) is 0 Å². The van der Waals surface area contributed by atoms with E-state index in [0.29, 0.717) is 17.0 Å². The fraction of sp³-hybridized carbons (Fsp3) is 0.375. The molecular weight excluding hydrogens is 272 g/mol. The Hall–Kier alpha value is -1.61. The van der Waals surface area contributed by atoms with Crippen molar-refractivity contribution in [3.8, 4) is 11.6 Å². The van der Waals surface area contributed by atoms with Crippen LogP contribution < -0.4 is 4.74 Å². The molecule has 0 atom stereocenters. The second-order valence-corrected chi connectivity index (χ2v) is 5.80. The van der Waals surface area contributed by atoms with Crippen molar-refractivity contribution < 1.29 is 4.74 Å². The molecule has 20 heavy (non-hydrogen) atoms. The summed E-state index contributed by atoms with van der Waals surface area (Å²) in [6, 6.07) is 5.83. The lowest BCUT2D eigenvalue weighted by molar-refractivity contribution is 0.451. The molecule has 1 aliphatic rings. The largest absolute Gasteiger partial charge is 0.438 e. The zero-order valence-electron chi connectivity index (χ0n) is 11.9. The van der Waals surface area contributed by atoms with Crippen LogP contribution in [0.5, 0.6) is 11.6 Å². The van der Waals surface area contributed by atoms with Gasteiger partial charge in [-0.2, -0.15) is 4.98 Å². The number of hydrogen-bond acceptors (Lipinski definition) is 3. The smallest absolute Gasteiger partial charge is 0.224 e. The molecule has 0 amide bonds. The zero-order valence-corrected chi connectivity index (χ0v) is 12.7. The first-order valence-corrected chi connectivity index (χ1v) is 7.21. The highest BCUT2D eigenvalue weighted by Crippen LogP contribution is 2.39. The first-order valence-electron chi connectivity index (χ1n) is 6.83. The van der Waals surface area contributed by atoms with Crippen LogP contribution in [0.1, 0.15) is 41.3 Å². The van der Waals surface area contributed by atoms with Crippen molar-refractivity contribution in [2.75, 3.05) is 0 Å². The highest BCUT2D eigenvalue weighted by Gasteiger charge is 2.27. The number of nitrogens with zero attached hydrogens (tertiary/aromatic N) is 2. The van der Waals surface area contributed by atoms with Crippen molar-refractivity contribution in [2.24, 2.45) is 0 Å². The maximum Gasteiger partial charge on any atom is 0.224 e. The number of ether oxygens (including phenoxy) is 1. The average molecular weight is 289 g/mol. The molecule has 1 saturated carbocycles. The number of benzene rings is 1. The van der Waals surface area contributed by atoms with E-state index in [-0.39, 0.29) is 0 Å². The Labute approximate surface area is 124 Å². The quantitative estimate of drug-likeness (QED) is 0.766. The second-order valence-electron chi connectivity index (χ2n) is 5.42. The first kappa shape index (κ1) is 13.4. The molecule has 1 heterocycles. The molecule has 0 saturated heterocycles. The van der Waals surface area contributed by atoms with Crippen LogP contribution >= 0.6 is 11.6 Å². The summed E-state index contributed by atoms with van der Waals surface area (Å²) in [6.07, 6.45) is 2.28. The van der Waals surface area contributed by atoms with E-state index in [4.69, 9.17) is 16.3 Å². The van der Waals surface area contributed by atoms with Crippen molar-refractivity contribution in [3.05, 3.63) is 45.9 Å². The summed E-state index contributed by atoms with van der Waals surface area (Å²) in [5.74, 6) is 2.65. The number of rotatable bonds is 3. The maximum atomic E-state index is 6.07. The Balaban J connectivity index is 1.97. The number of aryl methyl sites for hydroxylation is 2. The van der Waals surface area contributed by atoms with Crippen LogP contribution in [-0.2, 0) is 0 Å². The molecule has 2 aromatic rings. The Morgan fingerprint density at radius 1 is 1.10 bits per heavy atom. The lowest BCUT2D eigenvalue weighted by atomic mass is 10.1. The standard InChI is InChI=1S/C16H17ClN2O/c1-9-4-5-10(2)15(11(9)3)20-14-8-13(17)18-16(19-14)12-6-7-12/h4-5,8,12H,6-7H2,1-3H3. The van der Waals surface area contributed by atoms with Crippen molar-refractivity contribution in [3.63, 3.8) is 0 Å². The summed E-state index contributed by atoms with van der Waals surface area (Å²) in [7, 11) is 0. The third-order valence-corrected chi connectivity index (χ3v) is 3.91. The summed E-state index contributed by atoms with van der Waals surface area (Å²) in [5.41, 5.74) is 3.43. The molecule has 0 bridgehead atoms. The zero-order chi connectivity index (χ0) is 14.3. The van der Waals surface area contributed by atoms with E-state index in [9.17, 15) is 0 Å². The van der Waals surface area contributed by atoms with Gasteiger partial charge in [-0.3, -0.25) is 0 Å². The average Bonchev–Trinajstić information content (AvgIpc) is 3.23. The van der Waals surface area contributed by atoms with Crippen molar-refractivity contribution in [2.45, 2.75) is 39.5 Å². The molecule has 1 aromatic heterocycles. The molecular formula is C16H17ClN2O. The van der Waals surface area contributed by atoms with Gasteiger partial charge in [0.25, 0.3) is 0 Å². The minimum atomic E-state index is 0.444. The van der Waals surface area contributed by atoms with E-state index in [2.05, 4.69) is 35.9 Å². The van der Waals surface area contributed by atoms with Crippen LogP contribution in [0.2, 0.25) is 5.15 Å². The van der Waals surface area contributed by atoms with Crippen LogP contribution in [0, 0.1) is 20.8 Å². The van der Waals surface area contributed by atoms with Crippen molar-refractivity contribution >= 4 is 11.6 Å². The molecule has 3 nitrogen and oxygen atoms in total. The third kappa shape index (κ3) is 2.63. The van der Waals surface area contributed by atoms with Gasteiger partial charge in [0.15, 0.2) is 0 Å². The van der Waals surface area contributed by atoms with Crippen molar-refractivity contribution in [1.29, 1.82) is 0 Å². The van der Waals surface area contributed by atoms with Gasteiger partial charge >= 0.3 is 0 Å². The Morgan fingerprint density at radius 3 is 2.50 bits per heavy atom. The third-order valence-electron chi connectivity index (χ3n) is 3.71. The fourth-order valence-corrected chi connectivity index (χ4v) is 2.36. The van der Waals surface area contributed by atoms with Gasteiger partial charge in [-0.25, -0.2) is 4.98 Å². The van der Waals surface area contributed by atoms with Crippen LogP contribution in [0.25, 0.3) is 0 Å². The molecule has 104 valence electrons. The fourth-order valence-electron chi connectivity index (χ4n) is 2.18. The second kappa shape index (κ2) is 5.06. The van der Waals surface area contributed by atoms with E-state index in [1.54, 1.807) is 6.07 Å². The first-order chi connectivity index (χ1) is 9.54. The van der Waals surface area contributed by atoms with Gasteiger partial charge in [-0.05, 0) is 50.3 Å². The molecule has 0 unspecified atom stereocenters. The van der Waals surface area contributed by atoms with Gasteiger partial charge in [0.2, 0.25) is 5.88 Å². The number of halogens is 1. The predicted octanol–water partition coefficient (Wildman–Crippen LogP) is 4.72. The predicted molar refractivity (Wildman–Crippen MR) is 79.7 cm³/mol. The van der Waals surface area contributed by atoms with E-state index in [1.165, 1.54) is 5.56 Å². The molecule has 0 spiro atoms. The van der Waals surface area contributed by atoms with Crippen LogP contribution in [0.4, 0.5) is 0 Å². The molecule has 3 rings (SSSR count). The summed E-state index contributed by atoms with van der Waals surface area (Å²) in [5, 5.41) is 0.444. The summed E-state index contributed by atoms with van der Waals surface area (Å²) in [6.45, 7) is 6.17. The van der Waals surface area contributed by atoms with Crippen LogP contribution in [0.15, 0.2) is 18.2 Å². The van der Waals surface area contributed by atoms with Gasteiger partial charge in [0.1, 0.15) is 16.7 Å².